The second-order valence-corrected chi connectivity index (χ2v) is 7.67. The quantitative estimate of drug-likeness (QED) is 0.661. The van der Waals surface area contributed by atoms with Gasteiger partial charge in [0, 0.05) is 30.8 Å². The Bertz CT molecular complexity index is 1170. The Morgan fingerprint density at radius 2 is 2.24 bits per heavy atom. The van der Waals surface area contributed by atoms with Crippen LogP contribution in [0.15, 0.2) is 46.4 Å². The van der Waals surface area contributed by atoms with E-state index in [9.17, 15) is 4.79 Å². The minimum atomic E-state index is -0.623. The highest BCUT2D eigenvalue weighted by Crippen LogP contribution is 2.42. The molecule has 7 heteroatoms. The summed E-state index contributed by atoms with van der Waals surface area (Å²) < 4.78 is 10.3. The molecule has 2 unspecified atom stereocenters. The van der Waals surface area contributed by atoms with Crippen molar-refractivity contribution < 1.29 is 4.74 Å². The fourth-order valence-corrected chi connectivity index (χ4v) is 4.73. The van der Waals surface area contributed by atoms with Gasteiger partial charge in [-0.3, -0.25) is 14.0 Å². The molecule has 2 aromatic heterocycles. The molecule has 25 heavy (non-hydrogen) atoms. The molecule has 2 atom stereocenters. The highest BCUT2D eigenvalue weighted by atomic mass is 32.1. The van der Waals surface area contributed by atoms with Crippen LogP contribution in [-0.2, 0) is 7.05 Å². The number of thiazole rings is 1. The van der Waals surface area contributed by atoms with Crippen molar-refractivity contribution in [3.8, 4) is 5.75 Å². The van der Waals surface area contributed by atoms with Gasteiger partial charge in [-0.05, 0) is 19.1 Å². The zero-order valence-electron chi connectivity index (χ0n) is 13.8. The van der Waals surface area contributed by atoms with E-state index < -0.39 is 5.72 Å². The van der Waals surface area contributed by atoms with Gasteiger partial charge in [0.1, 0.15) is 5.75 Å². The zero-order chi connectivity index (χ0) is 17.2. The summed E-state index contributed by atoms with van der Waals surface area (Å²) in [6, 6.07) is 7.87. The zero-order valence-corrected chi connectivity index (χ0v) is 14.7. The third-order valence-corrected chi connectivity index (χ3v) is 5.67. The van der Waals surface area contributed by atoms with E-state index in [-0.39, 0.29) is 11.6 Å². The summed E-state index contributed by atoms with van der Waals surface area (Å²) in [5, 5.41) is 4.16. The molecule has 126 valence electrons. The number of aryl methyl sites for hydroxylation is 1. The normalized spacial score (nSPS) is 24.2. The van der Waals surface area contributed by atoms with Crippen LogP contribution in [0.1, 0.15) is 30.5 Å². The van der Waals surface area contributed by atoms with Crippen LogP contribution in [0.25, 0.3) is 6.08 Å². The maximum absolute atomic E-state index is 13.1. The van der Waals surface area contributed by atoms with Crippen LogP contribution in [0, 0.1) is 0 Å². The second-order valence-electron chi connectivity index (χ2n) is 6.66. The Balaban J connectivity index is 1.77. The van der Waals surface area contributed by atoms with E-state index in [0.717, 1.165) is 16.9 Å². The fourth-order valence-electron chi connectivity index (χ4n) is 3.60. The molecule has 5 rings (SSSR count). The van der Waals surface area contributed by atoms with Crippen LogP contribution in [0.5, 0.6) is 5.75 Å². The number of fused-ring (bicyclic) bond motifs is 6. The molecule has 2 bridgehead atoms. The van der Waals surface area contributed by atoms with Crippen molar-refractivity contribution in [3.63, 3.8) is 0 Å². The molecule has 0 N–H and O–H groups in total. The van der Waals surface area contributed by atoms with Gasteiger partial charge < -0.3 is 4.74 Å². The summed E-state index contributed by atoms with van der Waals surface area (Å²) in [6.45, 7) is 1.98. The average Bonchev–Trinajstić information content (AvgIpc) is 3.10. The van der Waals surface area contributed by atoms with Crippen LogP contribution in [0.3, 0.4) is 0 Å². The number of hydrogen-bond donors (Lipinski definition) is 0. The van der Waals surface area contributed by atoms with Crippen molar-refractivity contribution in [2.45, 2.75) is 25.1 Å². The maximum Gasteiger partial charge on any atom is 0.270 e. The van der Waals surface area contributed by atoms with E-state index in [1.54, 1.807) is 10.9 Å². The molecular formula is C18H16N4O2S. The summed E-state index contributed by atoms with van der Waals surface area (Å²) in [4.78, 5) is 18.5. The first kappa shape index (κ1) is 14.7. The largest absolute Gasteiger partial charge is 0.466 e. The molecule has 0 spiro atoms. The van der Waals surface area contributed by atoms with Gasteiger partial charge in [-0.25, -0.2) is 4.99 Å². The minimum Gasteiger partial charge on any atom is -0.466 e. The maximum atomic E-state index is 13.1. The molecule has 2 aliphatic heterocycles. The topological polar surface area (TPSA) is 61.4 Å². The molecule has 0 amide bonds. The van der Waals surface area contributed by atoms with Crippen LogP contribution in [0.4, 0.5) is 0 Å². The van der Waals surface area contributed by atoms with Crippen molar-refractivity contribution in [2.75, 3.05) is 0 Å². The van der Waals surface area contributed by atoms with Crippen LogP contribution < -0.4 is 19.6 Å². The van der Waals surface area contributed by atoms with Crippen molar-refractivity contribution in [1.82, 2.24) is 14.3 Å². The number of rotatable bonds is 1. The third-order valence-electron chi connectivity index (χ3n) is 4.68. The molecular weight excluding hydrogens is 336 g/mol. The standard InChI is InChI=1S/C18H16N4O2S/c1-18-8-13(12-5-3-4-6-14(12)24-18)22-16(23)15(25-17(22)20-18)7-11-9-19-21(2)10-11/h3-7,9-10,13H,8H2,1-2H3. The Hall–Kier alpha value is -2.67. The van der Waals surface area contributed by atoms with Gasteiger partial charge in [-0.1, -0.05) is 29.5 Å². The van der Waals surface area contributed by atoms with Gasteiger partial charge in [-0.2, -0.15) is 5.10 Å². The highest BCUT2D eigenvalue weighted by molar-refractivity contribution is 7.07. The lowest BCUT2D eigenvalue weighted by molar-refractivity contribution is 0.0410. The number of benzene rings is 1. The van der Waals surface area contributed by atoms with Crippen LogP contribution >= 0.6 is 11.3 Å². The SMILES string of the molecule is Cn1cc(C=c2sc3n(c2=O)C2CC(C)(N=3)Oc3ccccc32)cn1. The fraction of sp³-hybridized carbons (Fsp3) is 0.278. The van der Waals surface area contributed by atoms with Gasteiger partial charge in [0.15, 0.2) is 4.80 Å². The van der Waals surface area contributed by atoms with E-state index in [1.807, 2.05) is 55.1 Å². The lowest BCUT2D eigenvalue weighted by Crippen LogP contribution is -2.49. The Labute approximate surface area is 147 Å². The molecule has 0 fully saturated rings. The van der Waals surface area contributed by atoms with E-state index >= 15 is 0 Å². The molecule has 0 aliphatic carbocycles. The first-order valence-corrected chi connectivity index (χ1v) is 8.94. The lowest BCUT2D eigenvalue weighted by atomic mass is 9.93. The summed E-state index contributed by atoms with van der Waals surface area (Å²) in [5.74, 6) is 0.812. The Morgan fingerprint density at radius 1 is 1.40 bits per heavy atom. The first-order valence-electron chi connectivity index (χ1n) is 8.12. The van der Waals surface area contributed by atoms with Crippen molar-refractivity contribution >= 4 is 17.4 Å². The second kappa shape index (κ2) is 4.92. The molecule has 3 aromatic rings. The number of nitrogens with zero attached hydrogens (tertiary/aromatic N) is 4. The summed E-state index contributed by atoms with van der Waals surface area (Å²) in [7, 11) is 1.86. The monoisotopic (exact) mass is 352 g/mol. The van der Waals surface area contributed by atoms with Crippen LogP contribution in [-0.4, -0.2) is 20.1 Å². The summed E-state index contributed by atoms with van der Waals surface area (Å²) in [6.07, 6.45) is 6.18. The molecule has 0 saturated heterocycles. The van der Waals surface area contributed by atoms with Gasteiger partial charge in [-0.15, -0.1) is 0 Å². The Morgan fingerprint density at radius 3 is 3.04 bits per heavy atom. The highest BCUT2D eigenvalue weighted by Gasteiger charge is 2.42. The van der Waals surface area contributed by atoms with Crippen molar-refractivity contribution in [2.24, 2.45) is 12.0 Å². The molecule has 0 saturated carbocycles. The van der Waals surface area contributed by atoms with Gasteiger partial charge in [0.05, 0.1) is 16.8 Å². The summed E-state index contributed by atoms with van der Waals surface area (Å²) >= 11 is 1.41. The van der Waals surface area contributed by atoms with Gasteiger partial charge in [0.25, 0.3) is 5.56 Å². The van der Waals surface area contributed by atoms with Crippen molar-refractivity contribution in [1.29, 1.82) is 0 Å². The number of hydrogen-bond acceptors (Lipinski definition) is 5. The summed E-state index contributed by atoms with van der Waals surface area (Å²) in [5.41, 5.74) is 1.33. The first-order chi connectivity index (χ1) is 12.0. The third kappa shape index (κ3) is 2.19. The molecule has 0 radical (unpaired) electrons. The number of ether oxygens (including phenoxy) is 1. The van der Waals surface area contributed by atoms with E-state index in [2.05, 4.69) is 5.10 Å². The predicted molar refractivity (Wildman–Crippen MR) is 94.4 cm³/mol. The molecule has 2 aliphatic rings. The van der Waals surface area contributed by atoms with E-state index in [1.165, 1.54) is 11.3 Å². The van der Waals surface area contributed by atoms with Gasteiger partial charge in [0.2, 0.25) is 5.72 Å². The number of aromatic nitrogens is 3. The minimum absolute atomic E-state index is 0.00337. The molecule has 1 aromatic carbocycles. The van der Waals surface area contributed by atoms with Gasteiger partial charge >= 0.3 is 0 Å². The molecule has 6 nitrogen and oxygen atoms in total. The van der Waals surface area contributed by atoms with Crippen molar-refractivity contribution in [3.05, 3.63) is 67.5 Å². The van der Waals surface area contributed by atoms with E-state index in [0.29, 0.717) is 15.8 Å². The van der Waals surface area contributed by atoms with Crippen LogP contribution in [0.2, 0.25) is 0 Å². The lowest BCUT2D eigenvalue weighted by Gasteiger charge is -2.39. The average molecular weight is 352 g/mol. The Kier molecular flexibility index (Phi) is 2.88. The molecule has 4 heterocycles. The number of para-hydroxylation sites is 1. The smallest absolute Gasteiger partial charge is 0.270 e. The van der Waals surface area contributed by atoms with E-state index in [4.69, 9.17) is 9.73 Å². The predicted octanol–water partition coefficient (Wildman–Crippen LogP) is 1.19.